The van der Waals surface area contributed by atoms with Crippen LogP contribution in [0.1, 0.15) is 20.3 Å². The minimum Gasteiger partial charge on any atom is -0.269 e. The van der Waals surface area contributed by atoms with Crippen LogP contribution in [0, 0.1) is 0 Å². The lowest BCUT2D eigenvalue weighted by molar-refractivity contribution is 1.11. The average molecular weight is 143 g/mol. The van der Waals surface area contributed by atoms with E-state index in [1.54, 1.807) is 11.8 Å². The summed E-state index contributed by atoms with van der Waals surface area (Å²) in [5, 5.41) is 2.04. The molecule has 2 heteroatoms. The molecular weight excluding hydrogens is 130 g/mol. The second-order valence-electron chi connectivity index (χ2n) is 1.79. The van der Waals surface area contributed by atoms with E-state index in [4.69, 9.17) is 0 Å². The van der Waals surface area contributed by atoms with Crippen LogP contribution >= 0.6 is 11.8 Å². The first kappa shape index (κ1) is 8.76. The summed E-state index contributed by atoms with van der Waals surface area (Å²) in [6.07, 6.45) is 1.21. The van der Waals surface area contributed by atoms with Gasteiger partial charge in [0, 0.05) is 5.70 Å². The molecule has 0 aliphatic carbocycles. The summed E-state index contributed by atoms with van der Waals surface area (Å²) in [5.41, 5.74) is 1.01. The molecule has 52 valence electrons. The van der Waals surface area contributed by atoms with Gasteiger partial charge in [0.05, 0.1) is 0 Å². The van der Waals surface area contributed by atoms with Crippen molar-refractivity contribution in [2.24, 2.45) is 4.99 Å². The van der Waals surface area contributed by atoms with E-state index in [0.29, 0.717) is 0 Å². The molecule has 0 saturated heterocycles. The lowest BCUT2D eigenvalue weighted by Gasteiger charge is -1.89. The molecule has 0 amide bonds. The van der Waals surface area contributed by atoms with Crippen molar-refractivity contribution in [3.05, 3.63) is 11.1 Å². The molecule has 0 bridgehead atoms. The van der Waals surface area contributed by atoms with Gasteiger partial charge in [0.25, 0.3) is 0 Å². The predicted molar refractivity (Wildman–Crippen MR) is 46.1 cm³/mol. The predicted octanol–water partition coefficient (Wildman–Crippen LogP) is 2.69. The minimum absolute atomic E-state index is 1.01. The van der Waals surface area contributed by atoms with Crippen molar-refractivity contribution in [1.29, 1.82) is 0 Å². The van der Waals surface area contributed by atoms with E-state index in [-0.39, 0.29) is 0 Å². The third-order valence-electron chi connectivity index (χ3n) is 0.825. The highest BCUT2D eigenvalue weighted by molar-refractivity contribution is 8.02. The first-order valence-corrected chi connectivity index (χ1v) is 4.11. The molecule has 0 rings (SSSR count). The maximum absolute atomic E-state index is 3.75. The van der Waals surface area contributed by atoms with E-state index in [1.807, 2.05) is 12.3 Å². The zero-order valence-corrected chi connectivity index (χ0v) is 6.87. The average Bonchev–Trinajstić information content (AvgIpc) is 1.89. The summed E-state index contributed by atoms with van der Waals surface area (Å²) in [6, 6.07) is 0. The molecule has 0 N–H and O–H groups in total. The van der Waals surface area contributed by atoms with Crippen molar-refractivity contribution in [1.82, 2.24) is 0 Å². The lowest BCUT2D eigenvalue weighted by Crippen LogP contribution is -1.69. The van der Waals surface area contributed by atoms with E-state index in [1.165, 1.54) is 12.2 Å². The molecule has 0 aliphatic heterocycles. The fourth-order valence-electron chi connectivity index (χ4n) is 0.335. The van der Waals surface area contributed by atoms with Crippen LogP contribution in [0.4, 0.5) is 0 Å². The van der Waals surface area contributed by atoms with Crippen LogP contribution in [0.5, 0.6) is 0 Å². The highest BCUT2D eigenvalue weighted by atomic mass is 32.2. The van der Waals surface area contributed by atoms with Gasteiger partial charge < -0.3 is 0 Å². The first-order valence-electron chi connectivity index (χ1n) is 3.06. The molecule has 0 spiro atoms. The van der Waals surface area contributed by atoms with Crippen LogP contribution in [0.3, 0.4) is 0 Å². The second-order valence-corrected chi connectivity index (χ2v) is 2.77. The minimum atomic E-state index is 1.01. The van der Waals surface area contributed by atoms with E-state index < -0.39 is 0 Å². The molecule has 1 nitrogen and oxygen atoms in total. The molecule has 9 heavy (non-hydrogen) atoms. The summed E-state index contributed by atoms with van der Waals surface area (Å²) >= 11 is 1.79. The topological polar surface area (TPSA) is 12.4 Å². The normalized spacial score (nSPS) is 11.6. The maximum atomic E-state index is 3.75. The summed E-state index contributed by atoms with van der Waals surface area (Å²) in [7, 11) is 0. The second kappa shape index (κ2) is 5.89. The van der Waals surface area contributed by atoms with Crippen molar-refractivity contribution in [3.8, 4) is 0 Å². The van der Waals surface area contributed by atoms with E-state index in [0.717, 1.165) is 5.70 Å². The molecule has 0 atom stereocenters. The number of aliphatic imine (C=N–C) groups is 1. The van der Waals surface area contributed by atoms with Gasteiger partial charge in [-0.3, -0.25) is 4.99 Å². The quantitative estimate of drug-likeness (QED) is 0.435. The van der Waals surface area contributed by atoms with Gasteiger partial charge >= 0.3 is 0 Å². The summed E-state index contributed by atoms with van der Waals surface area (Å²) in [6.45, 7) is 7.53. The lowest BCUT2D eigenvalue weighted by atomic mass is 10.6. The van der Waals surface area contributed by atoms with Crippen molar-refractivity contribution >= 4 is 18.5 Å². The number of allylic oxidation sites excluding steroid dienone is 1. The SMILES string of the molecule is C=N/C(C)=C\SCCC. The van der Waals surface area contributed by atoms with Gasteiger partial charge in [-0.05, 0) is 31.2 Å². The van der Waals surface area contributed by atoms with Gasteiger partial charge in [0.15, 0.2) is 0 Å². The van der Waals surface area contributed by atoms with Crippen molar-refractivity contribution < 1.29 is 0 Å². The number of hydrogen-bond donors (Lipinski definition) is 0. The van der Waals surface area contributed by atoms with Crippen LogP contribution in [-0.4, -0.2) is 12.5 Å². The fraction of sp³-hybridized carbons (Fsp3) is 0.571. The number of hydrogen-bond acceptors (Lipinski definition) is 2. The van der Waals surface area contributed by atoms with Crippen molar-refractivity contribution in [2.75, 3.05) is 5.75 Å². The molecule has 0 fully saturated rings. The molecule has 0 aromatic carbocycles. The smallest absolute Gasteiger partial charge is 0.0428 e. The standard InChI is InChI=1S/C7H13NS/c1-4-5-9-6-7(2)8-3/h6H,3-5H2,1-2H3/b7-6-. The van der Waals surface area contributed by atoms with Crippen LogP contribution < -0.4 is 0 Å². The van der Waals surface area contributed by atoms with Gasteiger partial charge in [-0.25, -0.2) is 0 Å². The Balaban J connectivity index is 3.31. The summed E-state index contributed by atoms with van der Waals surface area (Å²) in [5.74, 6) is 1.17. The molecule has 0 aromatic rings. The van der Waals surface area contributed by atoms with Gasteiger partial charge in [0.2, 0.25) is 0 Å². The van der Waals surface area contributed by atoms with Gasteiger partial charge in [-0.2, -0.15) is 0 Å². The number of thioether (sulfide) groups is 1. The first-order chi connectivity index (χ1) is 4.31. The van der Waals surface area contributed by atoms with Crippen LogP contribution in [0.2, 0.25) is 0 Å². The Morgan fingerprint density at radius 2 is 2.44 bits per heavy atom. The number of nitrogens with zero attached hydrogens (tertiary/aromatic N) is 1. The Kier molecular flexibility index (Phi) is 5.73. The molecule has 0 unspecified atom stereocenters. The Morgan fingerprint density at radius 1 is 1.78 bits per heavy atom. The van der Waals surface area contributed by atoms with Gasteiger partial charge in [-0.1, -0.05) is 6.92 Å². The van der Waals surface area contributed by atoms with E-state index >= 15 is 0 Å². The van der Waals surface area contributed by atoms with Gasteiger partial charge in [-0.15, -0.1) is 11.8 Å². The Labute approximate surface area is 61.3 Å². The fourth-order valence-corrected chi connectivity index (χ4v) is 1.00. The summed E-state index contributed by atoms with van der Waals surface area (Å²) in [4.78, 5) is 3.75. The Bertz CT molecular complexity index is 107. The van der Waals surface area contributed by atoms with E-state index in [2.05, 4.69) is 18.6 Å². The van der Waals surface area contributed by atoms with Crippen LogP contribution in [-0.2, 0) is 0 Å². The third-order valence-corrected chi connectivity index (χ3v) is 1.98. The Morgan fingerprint density at radius 3 is 2.89 bits per heavy atom. The Hall–Kier alpha value is -0.240. The monoisotopic (exact) mass is 143 g/mol. The van der Waals surface area contributed by atoms with Crippen molar-refractivity contribution in [2.45, 2.75) is 20.3 Å². The third kappa shape index (κ3) is 5.63. The highest BCUT2D eigenvalue weighted by Gasteiger charge is 1.80. The largest absolute Gasteiger partial charge is 0.269 e. The van der Waals surface area contributed by atoms with Gasteiger partial charge in [0.1, 0.15) is 0 Å². The van der Waals surface area contributed by atoms with Crippen LogP contribution in [0.25, 0.3) is 0 Å². The molecule has 0 saturated carbocycles. The van der Waals surface area contributed by atoms with Crippen molar-refractivity contribution in [3.63, 3.8) is 0 Å². The molecule has 0 heterocycles. The summed E-state index contributed by atoms with van der Waals surface area (Å²) < 4.78 is 0. The molecule has 0 aliphatic rings. The maximum Gasteiger partial charge on any atom is 0.0428 e. The number of rotatable bonds is 4. The highest BCUT2D eigenvalue weighted by Crippen LogP contribution is 2.07. The molecule has 0 aromatic heterocycles. The van der Waals surface area contributed by atoms with Crippen LogP contribution in [0.15, 0.2) is 16.1 Å². The molecule has 0 radical (unpaired) electrons. The van der Waals surface area contributed by atoms with E-state index in [9.17, 15) is 0 Å². The molecular formula is C7H13NS. The zero-order chi connectivity index (χ0) is 7.11. The zero-order valence-electron chi connectivity index (χ0n) is 6.05.